The van der Waals surface area contributed by atoms with Gasteiger partial charge in [0.1, 0.15) is 5.75 Å². The average Bonchev–Trinajstić information content (AvgIpc) is 2.28. The van der Waals surface area contributed by atoms with Crippen LogP contribution in [0.1, 0.15) is 23.6 Å². The molecule has 1 atom stereocenters. The molecule has 0 saturated heterocycles. The first-order valence-corrected chi connectivity index (χ1v) is 6.54. The topological polar surface area (TPSA) is 24.5 Å². The molecule has 0 heterocycles. The molecule has 1 N–H and O–H groups in total. The monoisotopic (exact) mass is 270 g/mol. The summed E-state index contributed by atoms with van der Waals surface area (Å²) >= 11 is 6.17. The molecule has 3 nitrogen and oxygen atoms in total. The molecule has 1 aromatic rings. The van der Waals surface area contributed by atoms with Crippen molar-refractivity contribution in [2.24, 2.45) is 0 Å². The van der Waals surface area contributed by atoms with Crippen LogP contribution in [0.15, 0.2) is 12.1 Å². The van der Waals surface area contributed by atoms with Gasteiger partial charge >= 0.3 is 0 Å². The van der Waals surface area contributed by atoms with Crippen LogP contribution in [0.3, 0.4) is 0 Å². The molecule has 0 aliphatic rings. The van der Waals surface area contributed by atoms with E-state index in [0.717, 1.165) is 34.9 Å². The molecular formula is C14H23ClN2O. The van der Waals surface area contributed by atoms with E-state index >= 15 is 0 Å². The second-order valence-electron chi connectivity index (χ2n) is 4.72. The fraction of sp³-hybridized carbons (Fsp3) is 0.571. The second-order valence-corrected chi connectivity index (χ2v) is 5.15. The molecule has 0 aromatic heterocycles. The lowest BCUT2D eigenvalue weighted by molar-refractivity contribution is 0.273. The molecule has 1 aromatic carbocycles. The summed E-state index contributed by atoms with van der Waals surface area (Å²) in [7, 11) is 7.84. The van der Waals surface area contributed by atoms with E-state index in [-0.39, 0.29) is 0 Å². The first kappa shape index (κ1) is 15.3. The van der Waals surface area contributed by atoms with Gasteiger partial charge < -0.3 is 15.0 Å². The number of benzene rings is 1. The molecule has 1 unspecified atom stereocenters. The first-order valence-electron chi connectivity index (χ1n) is 6.16. The highest BCUT2D eigenvalue weighted by molar-refractivity contribution is 6.30. The van der Waals surface area contributed by atoms with E-state index in [2.05, 4.69) is 24.3 Å². The number of halogens is 1. The van der Waals surface area contributed by atoms with Crippen LogP contribution in [0, 0.1) is 6.92 Å². The lowest BCUT2D eigenvalue weighted by Crippen LogP contribution is -2.24. The summed E-state index contributed by atoms with van der Waals surface area (Å²) in [4.78, 5) is 2.20. The summed E-state index contributed by atoms with van der Waals surface area (Å²) in [5.74, 6) is 0.939. The number of aryl methyl sites for hydroxylation is 1. The summed E-state index contributed by atoms with van der Waals surface area (Å²) in [5.41, 5.74) is 2.24. The van der Waals surface area contributed by atoms with Gasteiger partial charge in [-0.15, -0.1) is 0 Å². The normalized spacial score (nSPS) is 12.8. The summed E-state index contributed by atoms with van der Waals surface area (Å²) in [5, 5.41) is 3.95. The van der Waals surface area contributed by atoms with Crippen molar-refractivity contribution >= 4 is 11.6 Å². The van der Waals surface area contributed by atoms with E-state index in [1.54, 1.807) is 7.11 Å². The Bertz CT molecular complexity index is 394. The van der Waals surface area contributed by atoms with Crippen molar-refractivity contribution < 1.29 is 4.74 Å². The summed E-state index contributed by atoms with van der Waals surface area (Å²) < 4.78 is 5.54. The zero-order valence-electron chi connectivity index (χ0n) is 11.9. The minimum Gasteiger partial charge on any atom is -0.496 e. The molecular weight excluding hydrogens is 248 g/mol. The van der Waals surface area contributed by atoms with E-state index in [4.69, 9.17) is 16.3 Å². The standard InChI is InChI=1S/C14H23ClN2O/c1-10-8-11(15)9-12(14(10)18-5)13(17(3)4)6-7-16-2/h8-9,13,16H,6-7H2,1-5H3. The Kier molecular flexibility index (Phi) is 5.93. The third kappa shape index (κ3) is 3.61. The van der Waals surface area contributed by atoms with Gasteiger partial charge in [0.05, 0.1) is 7.11 Å². The molecule has 0 amide bonds. The van der Waals surface area contributed by atoms with Crippen molar-refractivity contribution in [3.8, 4) is 5.75 Å². The third-order valence-electron chi connectivity index (χ3n) is 3.12. The number of hydrogen-bond acceptors (Lipinski definition) is 3. The fourth-order valence-corrected chi connectivity index (χ4v) is 2.54. The Morgan fingerprint density at radius 2 is 2.06 bits per heavy atom. The van der Waals surface area contributed by atoms with Gasteiger partial charge in [0, 0.05) is 16.6 Å². The van der Waals surface area contributed by atoms with Gasteiger partial charge in [0.15, 0.2) is 0 Å². The number of ether oxygens (including phenoxy) is 1. The van der Waals surface area contributed by atoms with E-state index < -0.39 is 0 Å². The quantitative estimate of drug-likeness (QED) is 0.860. The Labute approximate surface area is 115 Å². The summed E-state index contributed by atoms with van der Waals surface area (Å²) in [6.45, 7) is 2.98. The van der Waals surface area contributed by atoms with Crippen LogP contribution >= 0.6 is 11.6 Å². The van der Waals surface area contributed by atoms with Crippen LogP contribution in [-0.4, -0.2) is 39.7 Å². The molecule has 0 fully saturated rings. The lowest BCUT2D eigenvalue weighted by atomic mass is 9.99. The smallest absolute Gasteiger partial charge is 0.126 e. The van der Waals surface area contributed by atoms with Gasteiger partial charge in [-0.1, -0.05) is 11.6 Å². The SMILES string of the molecule is CNCCC(c1cc(Cl)cc(C)c1OC)N(C)C. The van der Waals surface area contributed by atoms with Crippen molar-refractivity contribution in [2.45, 2.75) is 19.4 Å². The van der Waals surface area contributed by atoms with Crippen molar-refractivity contribution in [1.82, 2.24) is 10.2 Å². The zero-order chi connectivity index (χ0) is 13.7. The molecule has 102 valence electrons. The Morgan fingerprint density at radius 3 is 2.56 bits per heavy atom. The van der Waals surface area contributed by atoms with Gasteiger partial charge in [-0.3, -0.25) is 0 Å². The van der Waals surface area contributed by atoms with Crippen LogP contribution < -0.4 is 10.1 Å². The number of nitrogens with one attached hydrogen (secondary N) is 1. The van der Waals surface area contributed by atoms with Crippen molar-refractivity contribution in [2.75, 3.05) is 34.8 Å². The fourth-order valence-electron chi connectivity index (χ4n) is 2.26. The molecule has 18 heavy (non-hydrogen) atoms. The van der Waals surface area contributed by atoms with Crippen LogP contribution in [0.4, 0.5) is 0 Å². The Hall–Kier alpha value is -0.770. The molecule has 4 heteroatoms. The minimum atomic E-state index is 0.296. The lowest BCUT2D eigenvalue weighted by Gasteiger charge is -2.27. The summed E-state index contributed by atoms with van der Waals surface area (Å²) in [6.07, 6.45) is 1.01. The van der Waals surface area contributed by atoms with Gasteiger partial charge in [-0.2, -0.15) is 0 Å². The van der Waals surface area contributed by atoms with Gasteiger partial charge in [-0.05, 0) is 58.7 Å². The number of rotatable bonds is 6. The number of methoxy groups -OCH3 is 1. The van der Waals surface area contributed by atoms with Gasteiger partial charge in [-0.25, -0.2) is 0 Å². The van der Waals surface area contributed by atoms with E-state index in [0.29, 0.717) is 6.04 Å². The highest BCUT2D eigenvalue weighted by atomic mass is 35.5. The van der Waals surface area contributed by atoms with Gasteiger partial charge in [0.25, 0.3) is 0 Å². The van der Waals surface area contributed by atoms with Gasteiger partial charge in [0.2, 0.25) is 0 Å². The van der Waals surface area contributed by atoms with Crippen LogP contribution in [0.5, 0.6) is 5.75 Å². The first-order chi connectivity index (χ1) is 8.51. The average molecular weight is 271 g/mol. The summed E-state index contributed by atoms with van der Waals surface area (Å²) in [6, 6.07) is 4.24. The van der Waals surface area contributed by atoms with Crippen molar-refractivity contribution in [3.05, 3.63) is 28.3 Å². The van der Waals surface area contributed by atoms with E-state index in [9.17, 15) is 0 Å². The zero-order valence-corrected chi connectivity index (χ0v) is 12.6. The molecule has 0 aliphatic carbocycles. The highest BCUT2D eigenvalue weighted by Gasteiger charge is 2.20. The molecule has 0 saturated carbocycles. The van der Waals surface area contributed by atoms with Crippen LogP contribution in [0.2, 0.25) is 5.02 Å². The molecule has 0 radical (unpaired) electrons. The maximum Gasteiger partial charge on any atom is 0.126 e. The molecule has 0 aliphatic heterocycles. The molecule has 0 bridgehead atoms. The van der Waals surface area contributed by atoms with Crippen molar-refractivity contribution in [1.29, 1.82) is 0 Å². The number of hydrogen-bond donors (Lipinski definition) is 1. The van der Waals surface area contributed by atoms with Crippen molar-refractivity contribution in [3.63, 3.8) is 0 Å². The predicted molar refractivity (Wildman–Crippen MR) is 77.7 cm³/mol. The maximum atomic E-state index is 6.17. The number of nitrogens with zero attached hydrogens (tertiary/aromatic N) is 1. The van der Waals surface area contributed by atoms with Crippen LogP contribution in [-0.2, 0) is 0 Å². The second kappa shape index (κ2) is 6.98. The van der Waals surface area contributed by atoms with Crippen LogP contribution in [0.25, 0.3) is 0 Å². The third-order valence-corrected chi connectivity index (χ3v) is 3.34. The molecule has 1 rings (SSSR count). The largest absolute Gasteiger partial charge is 0.496 e. The molecule has 0 spiro atoms. The van der Waals surface area contributed by atoms with E-state index in [1.807, 2.05) is 26.1 Å². The maximum absolute atomic E-state index is 6.17. The highest BCUT2D eigenvalue weighted by Crippen LogP contribution is 2.35. The Morgan fingerprint density at radius 1 is 1.39 bits per heavy atom. The van der Waals surface area contributed by atoms with E-state index in [1.165, 1.54) is 0 Å². The Balaban J connectivity index is 3.17. The minimum absolute atomic E-state index is 0.296. The predicted octanol–water partition coefficient (Wildman–Crippen LogP) is 2.87.